The number of ketones is 3. The van der Waals surface area contributed by atoms with Crippen LogP contribution in [0.2, 0.25) is 0 Å². The van der Waals surface area contributed by atoms with Gasteiger partial charge in [0.05, 0.1) is 17.1 Å². The number of hydrogen-bond acceptors (Lipinski definition) is 11. The van der Waals surface area contributed by atoms with E-state index in [4.69, 9.17) is 14.2 Å². The third kappa shape index (κ3) is 4.22. The van der Waals surface area contributed by atoms with Crippen LogP contribution in [0.5, 0.6) is 11.5 Å². The summed E-state index contributed by atoms with van der Waals surface area (Å²) in [7, 11) is 0. The smallest absolute Gasteiger partial charge is 0.477 e. The third-order valence-corrected chi connectivity index (χ3v) is 15.7. The fourth-order valence-corrected chi connectivity index (χ4v) is 13.4. The Labute approximate surface area is 303 Å². The van der Waals surface area contributed by atoms with Gasteiger partial charge in [0.1, 0.15) is 5.60 Å². The maximum atomic E-state index is 13.9. The summed E-state index contributed by atoms with van der Waals surface area (Å²) in [5.74, 6) is -0.248. The number of fused-ring (bicyclic) bond motifs is 5. The number of aliphatic hydroxyl groups excluding tert-OH is 1. The van der Waals surface area contributed by atoms with Gasteiger partial charge in [-0.1, -0.05) is 31.6 Å². The molecule has 11 atom stereocenters. The molecule has 5 fully saturated rings. The zero-order valence-electron chi connectivity index (χ0n) is 30.0. The summed E-state index contributed by atoms with van der Waals surface area (Å²) in [4.78, 5) is 54.9. The van der Waals surface area contributed by atoms with Crippen LogP contribution in [-0.4, -0.2) is 92.9 Å². The molecule has 1 saturated heterocycles. The van der Waals surface area contributed by atoms with Gasteiger partial charge in [0.15, 0.2) is 35.8 Å². The van der Waals surface area contributed by atoms with Crippen molar-refractivity contribution in [3.05, 3.63) is 47.6 Å². The Morgan fingerprint density at radius 3 is 2.67 bits per heavy atom. The van der Waals surface area contributed by atoms with Crippen LogP contribution in [0.1, 0.15) is 89.2 Å². The lowest BCUT2D eigenvalue weighted by Gasteiger charge is -2.62. The van der Waals surface area contributed by atoms with Crippen LogP contribution in [0.25, 0.3) is 0 Å². The lowest BCUT2D eigenvalue weighted by Crippen LogP contribution is -2.76. The number of Topliss-reactive ketones (excluding diaryl/α,β-unsaturated/α-hetero) is 2. The number of allylic oxidation sites excluding steroid dienone is 1. The molecule has 1 spiro atoms. The molecule has 11 nitrogen and oxygen atoms in total. The van der Waals surface area contributed by atoms with Crippen molar-refractivity contribution in [2.45, 2.75) is 119 Å². The van der Waals surface area contributed by atoms with Crippen LogP contribution in [0, 0.1) is 28.6 Å². The number of nitrogens with zero attached hydrogens (tertiary/aromatic N) is 1. The Morgan fingerprint density at radius 2 is 1.88 bits per heavy atom. The second-order valence-corrected chi connectivity index (χ2v) is 17.6. The predicted octanol–water partition coefficient (Wildman–Crippen LogP) is 3.91. The number of carbonyl (C=O) groups is 4. The Kier molecular flexibility index (Phi) is 7.49. The van der Waals surface area contributed by atoms with Crippen molar-refractivity contribution < 1.29 is 48.7 Å². The molecule has 0 amide bonds. The number of likely N-dealkylation sites (tertiary alicyclic amines) is 1. The van der Waals surface area contributed by atoms with Crippen molar-refractivity contribution in [1.82, 2.24) is 4.90 Å². The minimum absolute atomic E-state index is 0.0119. The summed E-state index contributed by atoms with van der Waals surface area (Å²) < 4.78 is 17.4. The lowest BCUT2D eigenvalue weighted by atomic mass is 9.45. The van der Waals surface area contributed by atoms with E-state index in [9.17, 15) is 34.5 Å². The van der Waals surface area contributed by atoms with Crippen LogP contribution >= 0.6 is 0 Å². The van der Waals surface area contributed by atoms with Gasteiger partial charge in [-0.3, -0.25) is 19.3 Å². The first-order chi connectivity index (χ1) is 24.7. The van der Waals surface area contributed by atoms with E-state index in [0.29, 0.717) is 51.6 Å². The summed E-state index contributed by atoms with van der Waals surface area (Å²) in [6.45, 7) is 8.51. The van der Waals surface area contributed by atoms with E-state index in [1.54, 1.807) is 12.1 Å². The summed E-state index contributed by atoms with van der Waals surface area (Å²) in [5.41, 5.74) is -2.41. The minimum atomic E-state index is -1.80. The molecule has 9 rings (SSSR count). The van der Waals surface area contributed by atoms with Gasteiger partial charge < -0.3 is 29.5 Å². The molecule has 1 aromatic rings. The number of aliphatic hydroxyl groups is 3. The zero-order chi connectivity index (χ0) is 36.6. The Bertz CT molecular complexity index is 1840. The molecule has 0 radical (unpaired) electrons. The van der Waals surface area contributed by atoms with E-state index >= 15 is 0 Å². The van der Waals surface area contributed by atoms with Crippen molar-refractivity contribution >= 4 is 23.5 Å². The van der Waals surface area contributed by atoms with E-state index in [1.807, 2.05) is 19.1 Å². The molecular formula is C41H49NO10. The molecule has 2 aliphatic heterocycles. The van der Waals surface area contributed by atoms with Gasteiger partial charge in [-0.25, -0.2) is 4.79 Å². The average Bonchev–Trinajstić information content (AvgIpc) is 3.60. The second kappa shape index (κ2) is 11.3. The first-order valence-corrected chi connectivity index (χ1v) is 19.2. The minimum Gasteiger partial charge on any atom is -0.477 e. The third-order valence-electron chi connectivity index (χ3n) is 15.7. The SMILES string of the molecule is C=CCN1CC[C@]23c4c5ccc(OC(=O)OCC(=O)[C@@]6(O)CC[C@H]7[C@@H]8CCC9=CC(=O)CC[C@]9(C)[C@H]8[C@@H](O)C[C@@]76C)c4O[C@H]2C(=O)CC[C@@]3(O)[C@H]1C5. The fraction of sp³-hybridized carbons (Fsp3) is 0.659. The monoisotopic (exact) mass is 715 g/mol. The highest BCUT2D eigenvalue weighted by molar-refractivity contribution is 5.92. The molecule has 8 aliphatic rings. The van der Waals surface area contributed by atoms with Gasteiger partial charge >= 0.3 is 6.16 Å². The summed E-state index contributed by atoms with van der Waals surface area (Å²) >= 11 is 0. The first-order valence-electron chi connectivity index (χ1n) is 19.2. The predicted molar refractivity (Wildman–Crippen MR) is 186 cm³/mol. The lowest BCUT2D eigenvalue weighted by molar-refractivity contribution is -0.187. The van der Waals surface area contributed by atoms with E-state index in [1.165, 1.54) is 0 Å². The first kappa shape index (κ1) is 34.4. The molecule has 0 aromatic heterocycles. The van der Waals surface area contributed by atoms with Gasteiger partial charge in [0.25, 0.3) is 0 Å². The highest BCUT2D eigenvalue weighted by Gasteiger charge is 2.73. The molecule has 4 saturated carbocycles. The topological polar surface area (TPSA) is 160 Å². The molecule has 278 valence electrons. The van der Waals surface area contributed by atoms with E-state index in [0.717, 1.165) is 29.5 Å². The molecule has 2 bridgehead atoms. The molecule has 1 aromatic carbocycles. The van der Waals surface area contributed by atoms with Gasteiger partial charge in [-0.2, -0.15) is 0 Å². The number of rotatable bonds is 6. The normalized spacial score (nSPS) is 44.0. The molecule has 52 heavy (non-hydrogen) atoms. The van der Waals surface area contributed by atoms with Crippen LogP contribution in [-0.2, 0) is 31.0 Å². The summed E-state index contributed by atoms with van der Waals surface area (Å²) in [6, 6.07) is 3.24. The van der Waals surface area contributed by atoms with Crippen LogP contribution in [0.3, 0.4) is 0 Å². The Balaban J connectivity index is 0.927. The van der Waals surface area contributed by atoms with Gasteiger partial charge in [-0.05, 0) is 98.7 Å². The van der Waals surface area contributed by atoms with Crippen molar-refractivity contribution in [1.29, 1.82) is 0 Å². The molecule has 3 N–H and O–H groups in total. The number of carbonyl (C=O) groups excluding carboxylic acids is 4. The van der Waals surface area contributed by atoms with E-state index in [-0.39, 0.29) is 71.5 Å². The number of hydrogen-bond donors (Lipinski definition) is 3. The maximum Gasteiger partial charge on any atom is 0.514 e. The molecule has 11 heteroatoms. The highest BCUT2D eigenvalue weighted by Crippen LogP contribution is 2.68. The summed E-state index contributed by atoms with van der Waals surface area (Å²) in [5, 5.41) is 36.2. The quantitative estimate of drug-likeness (QED) is 0.223. The van der Waals surface area contributed by atoms with Gasteiger partial charge in [-0.15, -0.1) is 6.58 Å². The largest absolute Gasteiger partial charge is 0.514 e. The fourth-order valence-electron chi connectivity index (χ4n) is 13.4. The number of benzene rings is 1. The highest BCUT2D eigenvalue weighted by atomic mass is 16.7. The maximum absolute atomic E-state index is 13.9. The van der Waals surface area contributed by atoms with Gasteiger partial charge in [0, 0.05) is 43.0 Å². The summed E-state index contributed by atoms with van der Waals surface area (Å²) in [6.07, 6.45) is 6.11. The van der Waals surface area contributed by atoms with Crippen LogP contribution in [0.4, 0.5) is 4.79 Å². The van der Waals surface area contributed by atoms with Crippen molar-refractivity contribution in [2.24, 2.45) is 28.6 Å². The van der Waals surface area contributed by atoms with Crippen molar-refractivity contribution in [3.63, 3.8) is 0 Å². The van der Waals surface area contributed by atoms with E-state index < -0.39 is 52.8 Å². The average molecular weight is 716 g/mol. The molecular weight excluding hydrogens is 666 g/mol. The van der Waals surface area contributed by atoms with Crippen LogP contribution < -0.4 is 9.47 Å². The molecule has 6 aliphatic carbocycles. The Morgan fingerprint density at radius 1 is 1.08 bits per heavy atom. The van der Waals surface area contributed by atoms with Crippen LogP contribution in [0.15, 0.2) is 36.4 Å². The number of piperidine rings is 1. The van der Waals surface area contributed by atoms with Gasteiger partial charge in [0.2, 0.25) is 5.78 Å². The molecule has 0 unspecified atom stereocenters. The zero-order valence-corrected chi connectivity index (χ0v) is 30.0. The Hall–Kier alpha value is -3.38. The standard InChI is InChI=1S/C41H49NO10/c1-4-16-42-17-15-39-32-22-5-8-29(34(32)52-35(39)27(44)11-14-40(39,48)30(42)18-22)51-36(47)50-21-31(46)41(49)13-10-26-25-7-6-23-19-24(43)9-12-37(23,2)33(25)28(45)20-38(26,41)3/h4-5,8,19,25-26,28,30,33,35,45,48-49H,1,6-7,9-18,20-21H2,2-3H3/t25-,26-,28-,30+,33+,35-,37-,38-,39-,40+,41-/m0/s1. The molecule has 2 heterocycles. The second-order valence-electron chi connectivity index (χ2n) is 17.6. The number of ether oxygens (including phenoxy) is 3. The van der Waals surface area contributed by atoms with Crippen molar-refractivity contribution in [3.8, 4) is 11.5 Å². The van der Waals surface area contributed by atoms with E-state index in [2.05, 4.69) is 18.4 Å². The van der Waals surface area contributed by atoms with Crippen molar-refractivity contribution in [2.75, 3.05) is 19.7 Å².